The second kappa shape index (κ2) is 7.07. The standard InChI is InChI=1S/C22H23FN4OS/c1-15(16-2-7-20-19(12-16)24-14-29-20)26-10-8-22(9-11-26)13-27(21(28)25-22)18-5-3-17(23)4-6-18/h2-7,12,14-15H,8-11,13H2,1H3,(H,25,28). The molecule has 0 aliphatic carbocycles. The van der Waals surface area contributed by atoms with E-state index in [0.29, 0.717) is 12.6 Å². The maximum atomic E-state index is 13.2. The lowest BCUT2D eigenvalue weighted by Gasteiger charge is -2.41. The van der Waals surface area contributed by atoms with Gasteiger partial charge in [0.1, 0.15) is 5.82 Å². The number of piperidine rings is 1. The van der Waals surface area contributed by atoms with Crippen LogP contribution in [0.25, 0.3) is 10.2 Å². The van der Waals surface area contributed by atoms with Crippen LogP contribution < -0.4 is 10.2 Å². The van der Waals surface area contributed by atoms with Gasteiger partial charge in [0.05, 0.1) is 27.8 Å². The number of nitrogens with zero attached hydrogens (tertiary/aromatic N) is 3. The normalized spacial score (nSPS) is 20.3. The highest BCUT2D eigenvalue weighted by molar-refractivity contribution is 7.16. The first-order chi connectivity index (χ1) is 14.0. The molecular weight excluding hydrogens is 387 g/mol. The van der Waals surface area contributed by atoms with Crippen LogP contribution in [0.5, 0.6) is 0 Å². The number of likely N-dealkylation sites (tertiary alicyclic amines) is 1. The minimum atomic E-state index is -0.291. The van der Waals surface area contributed by atoms with E-state index in [9.17, 15) is 9.18 Å². The van der Waals surface area contributed by atoms with E-state index in [2.05, 4.69) is 40.3 Å². The summed E-state index contributed by atoms with van der Waals surface area (Å²) in [7, 11) is 0. The zero-order chi connectivity index (χ0) is 20.0. The first-order valence-electron chi connectivity index (χ1n) is 9.95. The highest BCUT2D eigenvalue weighted by atomic mass is 32.1. The van der Waals surface area contributed by atoms with Gasteiger partial charge in [0.15, 0.2) is 0 Å². The predicted molar refractivity (Wildman–Crippen MR) is 114 cm³/mol. The molecule has 2 fully saturated rings. The molecule has 3 aromatic rings. The van der Waals surface area contributed by atoms with E-state index in [0.717, 1.165) is 37.1 Å². The lowest BCUT2D eigenvalue weighted by Crippen LogP contribution is -2.52. The van der Waals surface area contributed by atoms with Crippen LogP contribution in [-0.4, -0.2) is 41.1 Å². The largest absolute Gasteiger partial charge is 0.330 e. The van der Waals surface area contributed by atoms with Crippen LogP contribution >= 0.6 is 11.3 Å². The van der Waals surface area contributed by atoms with Crippen molar-refractivity contribution in [2.24, 2.45) is 0 Å². The smallest absolute Gasteiger partial charge is 0.322 e. The molecule has 2 aromatic carbocycles. The summed E-state index contributed by atoms with van der Waals surface area (Å²) < 4.78 is 14.4. The molecule has 5 nitrogen and oxygen atoms in total. The van der Waals surface area contributed by atoms with Crippen LogP contribution in [0, 0.1) is 5.82 Å². The number of hydrogen-bond acceptors (Lipinski definition) is 4. The molecule has 3 heterocycles. The molecule has 29 heavy (non-hydrogen) atoms. The molecule has 0 saturated carbocycles. The van der Waals surface area contributed by atoms with Gasteiger partial charge >= 0.3 is 6.03 Å². The van der Waals surface area contributed by atoms with Crippen LogP contribution in [-0.2, 0) is 0 Å². The van der Waals surface area contributed by atoms with E-state index >= 15 is 0 Å². The zero-order valence-corrected chi connectivity index (χ0v) is 17.1. The van der Waals surface area contributed by atoms with Gasteiger partial charge in [-0.15, -0.1) is 11.3 Å². The molecule has 1 unspecified atom stereocenters. The topological polar surface area (TPSA) is 48.5 Å². The van der Waals surface area contributed by atoms with Gasteiger partial charge in [0.2, 0.25) is 0 Å². The highest BCUT2D eigenvalue weighted by Gasteiger charge is 2.45. The van der Waals surface area contributed by atoms with Crippen molar-refractivity contribution in [2.45, 2.75) is 31.3 Å². The summed E-state index contributed by atoms with van der Waals surface area (Å²) in [5, 5.41) is 3.21. The van der Waals surface area contributed by atoms with Gasteiger partial charge < -0.3 is 5.32 Å². The van der Waals surface area contributed by atoms with E-state index in [1.807, 2.05) is 5.51 Å². The quantitative estimate of drug-likeness (QED) is 0.689. The van der Waals surface area contributed by atoms with Crippen molar-refractivity contribution < 1.29 is 9.18 Å². The van der Waals surface area contributed by atoms with Crippen molar-refractivity contribution in [3.8, 4) is 0 Å². The van der Waals surface area contributed by atoms with Gasteiger partial charge in [-0.2, -0.15) is 0 Å². The van der Waals surface area contributed by atoms with Gasteiger partial charge in [0, 0.05) is 24.8 Å². The molecule has 2 aliphatic heterocycles. The van der Waals surface area contributed by atoms with Crippen molar-refractivity contribution in [1.29, 1.82) is 0 Å². The fourth-order valence-corrected chi connectivity index (χ4v) is 5.16. The summed E-state index contributed by atoms with van der Waals surface area (Å²) in [6.07, 6.45) is 1.81. The third kappa shape index (κ3) is 3.38. The van der Waals surface area contributed by atoms with Gasteiger partial charge in [-0.1, -0.05) is 6.07 Å². The number of amides is 2. The lowest BCUT2D eigenvalue weighted by molar-refractivity contribution is 0.121. The molecule has 1 spiro atoms. The Morgan fingerprint density at radius 2 is 1.93 bits per heavy atom. The average molecular weight is 411 g/mol. The second-order valence-electron chi connectivity index (χ2n) is 8.06. The summed E-state index contributed by atoms with van der Waals surface area (Å²) in [6, 6.07) is 12.9. The van der Waals surface area contributed by atoms with E-state index in [1.54, 1.807) is 28.4 Å². The lowest BCUT2D eigenvalue weighted by atomic mass is 9.87. The number of benzene rings is 2. The number of fused-ring (bicyclic) bond motifs is 1. The molecule has 1 N–H and O–H groups in total. The molecule has 150 valence electrons. The first kappa shape index (κ1) is 18.5. The Hall–Kier alpha value is -2.51. The molecule has 5 rings (SSSR count). The second-order valence-corrected chi connectivity index (χ2v) is 8.95. The third-order valence-electron chi connectivity index (χ3n) is 6.36. The molecule has 1 atom stereocenters. The summed E-state index contributed by atoms with van der Waals surface area (Å²) in [5.41, 5.74) is 4.77. The van der Waals surface area contributed by atoms with Crippen molar-refractivity contribution in [3.63, 3.8) is 0 Å². The summed E-state index contributed by atoms with van der Waals surface area (Å²) in [5.74, 6) is -0.291. The van der Waals surface area contributed by atoms with Crippen molar-refractivity contribution in [1.82, 2.24) is 15.2 Å². The van der Waals surface area contributed by atoms with Crippen LogP contribution in [0.15, 0.2) is 48.0 Å². The zero-order valence-electron chi connectivity index (χ0n) is 16.3. The molecule has 0 radical (unpaired) electrons. The van der Waals surface area contributed by atoms with Gasteiger partial charge in [-0.05, 0) is 61.7 Å². The van der Waals surface area contributed by atoms with E-state index < -0.39 is 0 Å². The fourth-order valence-electron chi connectivity index (χ4n) is 4.51. The Kier molecular flexibility index (Phi) is 4.52. The number of aromatic nitrogens is 1. The molecule has 2 saturated heterocycles. The number of thiazole rings is 1. The maximum Gasteiger partial charge on any atom is 0.322 e. The van der Waals surface area contributed by atoms with Crippen molar-refractivity contribution >= 4 is 33.3 Å². The predicted octanol–water partition coefficient (Wildman–Crippen LogP) is 4.56. The first-order valence-corrected chi connectivity index (χ1v) is 10.8. The third-order valence-corrected chi connectivity index (χ3v) is 7.17. The fraction of sp³-hybridized carbons (Fsp3) is 0.364. The Balaban J connectivity index is 1.27. The molecule has 2 amide bonds. The van der Waals surface area contributed by atoms with Crippen molar-refractivity contribution in [2.75, 3.05) is 24.5 Å². The molecule has 0 bridgehead atoms. The maximum absolute atomic E-state index is 13.2. The molecule has 2 aliphatic rings. The van der Waals surface area contributed by atoms with E-state index in [4.69, 9.17) is 0 Å². The average Bonchev–Trinajstić information content (AvgIpc) is 3.32. The molecule has 1 aromatic heterocycles. The van der Waals surface area contributed by atoms with Crippen molar-refractivity contribution in [3.05, 3.63) is 59.4 Å². The SMILES string of the molecule is CC(c1ccc2scnc2c1)N1CCC2(CC1)CN(c1ccc(F)cc1)C(=O)N2. The van der Waals surface area contributed by atoms with E-state index in [1.165, 1.54) is 22.4 Å². The number of carbonyl (C=O) groups excluding carboxylic acids is 1. The number of carbonyl (C=O) groups is 1. The number of rotatable bonds is 3. The summed E-state index contributed by atoms with van der Waals surface area (Å²) >= 11 is 1.66. The Labute approximate surface area is 173 Å². The minimum Gasteiger partial charge on any atom is -0.330 e. The monoisotopic (exact) mass is 410 g/mol. The Bertz CT molecular complexity index is 1040. The number of urea groups is 1. The Morgan fingerprint density at radius 1 is 1.17 bits per heavy atom. The molecule has 7 heteroatoms. The number of hydrogen-bond donors (Lipinski definition) is 1. The van der Waals surface area contributed by atoms with Crippen LogP contribution in [0.4, 0.5) is 14.9 Å². The number of halogens is 1. The number of anilines is 1. The van der Waals surface area contributed by atoms with Gasteiger partial charge in [-0.25, -0.2) is 14.2 Å². The van der Waals surface area contributed by atoms with Crippen LogP contribution in [0.1, 0.15) is 31.4 Å². The van der Waals surface area contributed by atoms with Gasteiger partial charge in [0.25, 0.3) is 0 Å². The number of nitrogens with one attached hydrogen (secondary N) is 1. The van der Waals surface area contributed by atoms with Gasteiger partial charge in [-0.3, -0.25) is 9.80 Å². The minimum absolute atomic E-state index is 0.0907. The molecular formula is C22H23FN4OS. The van der Waals surface area contributed by atoms with E-state index in [-0.39, 0.29) is 17.4 Å². The Morgan fingerprint density at radius 3 is 2.69 bits per heavy atom. The van der Waals surface area contributed by atoms with Crippen LogP contribution in [0.3, 0.4) is 0 Å². The van der Waals surface area contributed by atoms with Crippen LogP contribution in [0.2, 0.25) is 0 Å². The summed E-state index contributed by atoms with van der Waals surface area (Å²) in [6.45, 7) is 4.72. The highest BCUT2D eigenvalue weighted by Crippen LogP contribution is 2.34. The summed E-state index contributed by atoms with van der Waals surface area (Å²) in [4.78, 5) is 21.2.